The Morgan fingerprint density at radius 1 is 1.54 bits per heavy atom. The number of amides is 1. The average Bonchev–Trinajstić information content (AvgIpc) is 1.78. The molecule has 0 aromatic heterocycles. The molecule has 3 nitrogen and oxygen atoms in total. The molecule has 3 heteroatoms. The molecule has 76 valence electrons. The molecule has 0 saturated heterocycles. The Morgan fingerprint density at radius 3 is 2.46 bits per heavy atom. The van der Waals surface area contributed by atoms with Gasteiger partial charge in [-0.1, -0.05) is 19.8 Å². The summed E-state index contributed by atoms with van der Waals surface area (Å²) in [5, 5.41) is 0. The zero-order valence-corrected chi connectivity index (χ0v) is 8.38. The van der Waals surface area contributed by atoms with Gasteiger partial charge < -0.3 is 11.5 Å². The van der Waals surface area contributed by atoms with Gasteiger partial charge in [0.15, 0.2) is 0 Å². The largest absolute Gasteiger partial charge is 0.370 e. The minimum atomic E-state index is -0.307. The summed E-state index contributed by atoms with van der Waals surface area (Å²) >= 11 is 0. The first kappa shape index (κ1) is 10.5. The first-order valence-corrected chi connectivity index (χ1v) is 5.15. The molecular formula is C10H20N2O. The summed E-state index contributed by atoms with van der Waals surface area (Å²) in [4.78, 5) is 10.9. The minimum Gasteiger partial charge on any atom is -0.370 e. The molecule has 1 aliphatic rings. The van der Waals surface area contributed by atoms with Gasteiger partial charge in [-0.15, -0.1) is 0 Å². The molecule has 1 amide bonds. The van der Waals surface area contributed by atoms with Gasteiger partial charge >= 0.3 is 0 Å². The van der Waals surface area contributed by atoms with Crippen molar-refractivity contribution in [3.8, 4) is 0 Å². The van der Waals surface area contributed by atoms with Gasteiger partial charge in [-0.05, 0) is 25.2 Å². The number of primary amides is 1. The fourth-order valence-corrected chi connectivity index (χ4v) is 2.21. The second kappa shape index (κ2) is 4.09. The van der Waals surface area contributed by atoms with Crippen molar-refractivity contribution in [1.82, 2.24) is 0 Å². The molecule has 0 heterocycles. The van der Waals surface area contributed by atoms with Crippen molar-refractivity contribution in [1.29, 1.82) is 0 Å². The first-order valence-electron chi connectivity index (χ1n) is 5.15. The second-order valence-electron chi connectivity index (χ2n) is 4.25. The van der Waals surface area contributed by atoms with Crippen LogP contribution in [0.15, 0.2) is 0 Å². The van der Waals surface area contributed by atoms with Crippen LogP contribution in [0.1, 0.15) is 45.4 Å². The van der Waals surface area contributed by atoms with E-state index in [1.54, 1.807) is 0 Å². The maximum absolute atomic E-state index is 10.9. The van der Waals surface area contributed by atoms with E-state index < -0.39 is 0 Å². The number of rotatable bonds is 5. The van der Waals surface area contributed by atoms with Gasteiger partial charge in [-0.25, -0.2) is 0 Å². The first-order chi connectivity index (χ1) is 6.08. The summed E-state index contributed by atoms with van der Waals surface area (Å²) in [5.74, 6) is 0.266. The Morgan fingerprint density at radius 2 is 2.15 bits per heavy atom. The van der Waals surface area contributed by atoms with Gasteiger partial charge in [0, 0.05) is 12.0 Å². The van der Waals surface area contributed by atoms with Crippen LogP contribution in [0.25, 0.3) is 0 Å². The van der Waals surface area contributed by atoms with Crippen LogP contribution in [0, 0.1) is 5.92 Å². The highest BCUT2D eigenvalue weighted by atomic mass is 16.1. The lowest BCUT2D eigenvalue weighted by Gasteiger charge is -2.42. The van der Waals surface area contributed by atoms with E-state index in [1.165, 1.54) is 19.3 Å². The molecule has 1 aliphatic carbocycles. The summed E-state index contributed by atoms with van der Waals surface area (Å²) < 4.78 is 0. The normalized spacial score (nSPS) is 22.0. The van der Waals surface area contributed by atoms with Crippen LogP contribution in [0.5, 0.6) is 0 Å². The Balaban J connectivity index is 2.55. The van der Waals surface area contributed by atoms with E-state index in [9.17, 15) is 4.79 Å². The van der Waals surface area contributed by atoms with Crippen molar-refractivity contribution >= 4 is 5.91 Å². The van der Waals surface area contributed by atoms with Gasteiger partial charge in [0.2, 0.25) is 5.91 Å². The highest BCUT2D eigenvalue weighted by Crippen LogP contribution is 2.38. The molecule has 0 aromatic carbocycles. The Hall–Kier alpha value is -0.570. The van der Waals surface area contributed by atoms with Gasteiger partial charge in [0.25, 0.3) is 0 Å². The maximum atomic E-state index is 10.9. The molecule has 4 N–H and O–H groups in total. The highest BCUT2D eigenvalue weighted by molar-refractivity contribution is 5.75. The molecule has 1 rings (SSSR count). The SMILES string of the molecule is CCCC(N)(CC(N)=O)C1CCC1. The lowest BCUT2D eigenvalue weighted by molar-refractivity contribution is -0.120. The van der Waals surface area contributed by atoms with Crippen LogP contribution >= 0.6 is 0 Å². The Bertz CT molecular complexity index is 189. The van der Waals surface area contributed by atoms with E-state index in [4.69, 9.17) is 11.5 Å². The summed E-state index contributed by atoms with van der Waals surface area (Å²) in [6, 6.07) is 0. The van der Waals surface area contributed by atoms with Crippen LogP contribution in [0.4, 0.5) is 0 Å². The van der Waals surface area contributed by atoms with E-state index in [-0.39, 0.29) is 11.4 Å². The minimum absolute atomic E-state index is 0.261. The van der Waals surface area contributed by atoms with Crippen LogP contribution in [0.3, 0.4) is 0 Å². The van der Waals surface area contributed by atoms with Crippen molar-refractivity contribution in [2.75, 3.05) is 0 Å². The van der Waals surface area contributed by atoms with Gasteiger partial charge in [0.05, 0.1) is 0 Å². The molecule has 0 aliphatic heterocycles. The molecule has 1 fully saturated rings. The Labute approximate surface area is 79.9 Å². The molecule has 1 atom stereocenters. The topological polar surface area (TPSA) is 69.1 Å². The summed E-state index contributed by atoms with van der Waals surface area (Å²) in [7, 11) is 0. The average molecular weight is 184 g/mol. The van der Waals surface area contributed by atoms with E-state index in [2.05, 4.69) is 6.92 Å². The van der Waals surface area contributed by atoms with Crippen LogP contribution in [-0.2, 0) is 4.79 Å². The zero-order chi connectivity index (χ0) is 9.90. The molecule has 0 bridgehead atoms. The smallest absolute Gasteiger partial charge is 0.219 e. The second-order valence-corrected chi connectivity index (χ2v) is 4.25. The van der Waals surface area contributed by atoms with E-state index in [0.29, 0.717) is 12.3 Å². The molecular weight excluding hydrogens is 164 g/mol. The van der Waals surface area contributed by atoms with Crippen molar-refractivity contribution < 1.29 is 4.79 Å². The van der Waals surface area contributed by atoms with E-state index >= 15 is 0 Å². The zero-order valence-electron chi connectivity index (χ0n) is 8.38. The third-order valence-corrected chi connectivity index (χ3v) is 3.14. The number of carbonyl (C=O) groups excluding carboxylic acids is 1. The van der Waals surface area contributed by atoms with Crippen molar-refractivity contribution in [3.05, 3.63) is 0 Å². The van der Waals surface area contributed by atoms with Crippen LogP contribution < -0.4 is 11.5 Å². The maximum Gasteiger partial charge on any atom is 0.219 e. The molecule has 0 spiro atoms. The number of hydrogen-bond acceptors (Lipinski definition) is 2. The van der Waals surface area contributed by atoms with Crippen LogP contribution in [-0.4, -0.2) is 11.4 Å². The Kier molecular flexibility index (Phi) is 3.31. The molecule has 13 heavy (non-hydrogen) atoms. The van der Waals surface area contributed by atoms with Gasteiger partial charge in [-0.3, -0.25) is 4.79 Å². The molecule has 0 aromatic rings. The van der Waals surface area contributed by atoms with Crippen molar-refractivity contribution in [2.24, 2.45) is 17.4 Å². The van der Waals surface area contributed by atoms with Crippen molar-refractivity contribution in [3.63, 3.8) is 0 Å². The predicted molar refractivity (Wildman–Crippen MR) is 53.0 cm³/mol. The van der Waals surface area contributed by atoms with Crippen molar-refractivity contribution in [2.45, 2.75) is 51.0 Å². The van der Waals surface area contributed by atoms with E-state index in [1.807, 2.05) is 0 Å². The quantitative estimate of drug-likeness (QED) is 0.673. The number of nitrogens with two attached hydrogens (primary N) is 2. The third kappa shape index (κ3) is 2.44. The molecule has 1 unspecified atom stereocenters. The molecule has 1 saturated carbocycles. The number of hydrogen-bond donors (Lipinski definition) is 2. The standard InChI is InChI=1S/C10H20N2O/c1-2-6-10(12,7-9(11)13)8-4-3-5-8/h8H,2-7,12H2,1H3,(H2,11,13). The fraction of sp³-hybridized carbons (Fsp3) is 0.900. The fourth-order valence-electron chi connectivity index (χ4n) is 2.21. The summed E-state index contributed by atoms with van der Waals surface area (Å²) in [6.45, 7) is 2.10. The monoisotopic (exact) mass is 184 g/mol. The number of carbonyl (C=O) groups is 1. The highest BCUT2D eigenvalue weighted by Gasteiger charge is 2.38. The molecule has 0 radical (unpaired) electrons. The van der Waals surface area contributed by atoms with Gasteiger partial charge in [0.1, 0.15) is 0 Å². The van der Waals surface area contributed by atoms with E-state index in [0.717, 1.165) is 12.8 Å². The predicted octanol–water partition coefficient (Wildman–Crippen LogP) is 1.16. The van der Waals surface area contributed by atoms with Gasteiger partial charge in [-0.2, -0.15) is 0 Å². The van der Waals surface area contributed by atoms with Crippen LogP contribution in [0.2, 0.25) is 0 Å². The third-order valence-electron chi connectivity index (χ3n) is 3.14. The lowest BCUT2D eigenvalue weighted by Crippen LogP contribution is -2.52. The lowest BCUT2D eigenvalue weighted by atomic mass is 9.68. The summed E-state index contributed by atoms with van der Waals surface area (Å²) in [5.41, 5.74) is 11.1. The summed E-state index contributed by atoms with van der Waals surface area (Å²) in [6.07, 6.45) is 5.89.